The van der Waals surface area contributed by atoms with E-state index < -0.39 is 10.8 Å². The summed E-state index contributed by atoms with van der Waals surface area (Å²) in [5, 5.41) is 80.0. The summed E-state index contributed by atoms with van der Waals surface area (Å²) >= 11 is 0. The maximum absolute atomic E-state index is 6.96. The number of ether oxygens (including phenoxy) is 2. The topological polar surface area (TPSA) is 24.9 Å². The van der Waals surface area contributed by atoms with Gasteiger partial charge in [-0.1, -0.05) is 48.5 Å². The first-order valence-corrected chi connectivity index (χ1v) is 33.6. The zero-order valence-corrected chi connectivity index (χ0v) is 47.6. The summed E-state index contributed by atoms with van der Waals surface area (Å²) < 4.78 is 13.9. The lowest BCUT2D eigenvalue weighted by Crippen LogP contribution is -2.52. The van der Waals surface area contributed by atoms with Gasteiger partial charge in [0.1, 0.15) is 24.7 Å². The molecule has 16 aliphatic rings. The second-order valence-corrected chi connectivity index (χ2v) is 32.5. The van der Waals surface area contributed by atoms with Crippen LogP contribution < -0.4 is 9.47 Å². The Hall–Kier alpha value is -10.1. The van der Waals surface area contributed by atoms with Crippen molar-refractivity contribution in [1.29, 1.82) is 0 Å². The second kappa shape index (κ2) is 9.06. The molecule has 0 amide bonds. The predicted octanol–water partition coefficient (Wildman–Crippen LogP) is 19.7. The van der Waals surface area contributed by atoms with Crippen LogP contribution in [0.25, 0.3) is 259 Å². The summed E-state index contributed by atoms with van der Waals surface area (Å²) in [6, 6.07) is 28.5. The van der Waals surface area contributed by atoms with Gasteiger partial charge in [0.05, 0.1) is 21.7 Å². The zero-order chi connectivity index (χ0) is 54.8. The third-order valence-electron chi connectivity index (χ3n) is 31.6. The third kappa shape index (κ3) is 2.23. The van der Waals surface area contributed by atoms with Crippen LogP contribution in [0.15, 0.2) is 72.8 Å². The number of likely N-dealkylation sites (tertiary alicyclic amines) is 2. The number of hydrogen-bond acceptors (Lipinski definition) is 4. The fraction of sp³-hybridized carbons (Fsp3) is 0.140. The quantitative estimate of drug-likeness (QED) is 0.141. The van der Waals surface area contributed by atoms with Crippen LogP contribution in [0.3, 0.4) is 0 Å². The molecule has 8 heterocycles. The van der Waals surface area contributed by atoms with Gasteiger partial charge in [-0.2, -0.15) is 0 Å². The van der Waals surface area contributed by atoms with Crippen molar-refractivity contribution in [2.24, 2.45) is 0 Å². The van der Waals surface area contributed by atoms with Gasteiger partial charge in [-0.15, -0.1) is 0 Å². The highest BCUT2D eigenvalue weighted by Gasteiger charge is 2.80. The minimum Gasteiger partial charge on any atom is -0.489 e. The Morgan fingerprint density at radius 3 is 0.700 bits per heavy atom. The molecular formula is C86H28N2O2. The van der Waals surface area contributed by atoms with Crippen molar-refractivity contribution in [2.45, 2.75) is 47.0 Å². The summed E-state index contributed by atoms with van der Waals surface area (Å²) in [5.74, 6) is 1.85. The van der Waals surface area contributed by atoms with Crippen molar-refractivity contribution in [3.05, 3.63) is 140 Å². The number of benzene rings is 19. The van der Waals surface area contributed by atoms with Gasteiger partial charge in [0.2, 0.25) is 0 Å². The smallest absolute Gasteiger partial charge is 0.119 e. The molecule has 0 N–H and O–H groups in total. The van der Waals surface area contributed by atoms with Crippen molar-refractivity contribution in [3.8, 4) is 11.5 Å². The molecule has 4 nitrogen and oxygen atoms in total. The van der Waals surface area contributed by atoms with Crippen LogP contribution in [0, 0.1) is 0 Å². The molecule has 4 spiro atoms. The molecule has 4 heteroatoms. The summed E-state index contributed by atoms with van der Waals surface area (Å²) in [7, 11) is 5.17. The molecule has 0 saturated carbocycles. The fourth-order valence-electron chi connectivity index (χ4n) is 31.3. The fourth-order valence-corrected chi connectivity index (χ4v) is 31.3. The predicted molar refractivity (Wildman–Crippen MR) is 366 cm³/mol. The van der Waals surface area contributed by atoms with Crippen LogP contribution in [-0.2, 0) is 34.9 Å². The molecule has 0 radical (unpaired) electrons. The molecule has 4 unspecified atom stereocenters. The standard InChI is InChI=1S/C86H28N2O2/c1-87-17-83-73-57-46-35-28-29-33-26-25-30-27-31(26)42-51-40(33)47-36(29)38-37(35)48-45-49(38)60-58(47)74-62(51)66-53(42)44-34(27)43-52-41(30)50(39(46)32(25)28)61(73)65(52)77-67-54(43)55(44)68-72-71(67)79-69-63(75(83)59(48)57)56(45)64-70(69)80(72)86(78(66)68)82(88(2)18-84(74,86)76(60)64)20-9-13-24(14-10-20)90-16-22-6-4-3-5-21(22)15-89-23-11-7-19(8-12-23)81(87)85(77,79)83/h3-14,81-82H,15-18H2,1-2H3/t81-,82-,83?,84?,85?,86?/m1/s1. The van der Waals surface area contributed by atoms with Crippen LogP contribution in [-0.4, -0.2) is 37.0 Å². The average Bonchev–Trinajstić information content (AvgIpc) is 1.37. The van der Waals surface area contributed by atoms with E-state index >= 15 is 0 Å². The van der Waals surface area contributed by atoms with E-state index in [9.17, 15) is 0 Å². The number of nitrogens with zero attached hydrogens (tertiary/aromatic N) is 2. The highest BCUT2D eigenvalue weighted by atomic mass is 16.5. The lowest BCUT2D eigenvalue weighted by Gasteiger charge is -2.53. The van der Waals surface area contributed by atoms with Gasteiger partial charge in [-0.05, 0) is 364 Å². The van der Waals surface area contributed by atoms with Crippen LogP contribution in [0.5, 0.6) is 11.5 Å². The Morgan fingerprint density at radius 2 is 0.456 bits per heavy atom. The number of likely N-dealkylation sites (N-methyl/N-ethyl adjacent to an activating group) is 2. The molecule has 6 atom stereocenters. The summed E-state index contributed by atoms with van der Waals surface area (Å²) in [6.07, 6.45) is 0. The molecule has 27 aromatic carbocycles. The van der Waals surface area contributed by atoms with Crippen LogP contribution in [0.1, 0.15) is 78.8 Å². The van der Waals surface area contributed by atoms with Crippen molar-refractivity contribution >= 4 is 259 Å². The van der Waals surface area contributed by atoms with E-state index in [-0.39, 0.29) is 22.9 Å². The zero-order valence-electron chi connectivity index (χ0n) is 47.6. The van der Waals surface area contributed by atoms with E-state index in [4.69, 9.17) is 9.47 Å². The van der Waals surface area contributed by atoms with Gasteiger partial charge in [0.25, 0.3) is 0 Å². The largest absolute Gasteiger partial charge is 0.489 e. The first-order valence-electron chi connectivity index (χ1n) is 33.6. The number of rotatable bonds is 0. The molecule has 0 aromatic heterocycles. The molecule has 394 valence electrons. The van der Waals surface area contributed by atoms with E-state index in [0.29, 0.717) is 13.2 Å². The van der Waals surface area contributed by atoms with Crippen molar-refractivity contribution in [2.75, 3.05) is 27.2 Å². The van der Waals surface area contributed by atoms with E-state index in [1.165, 1.54) is 22.3 Å². The van der Waals surface area contributed by atoms with Gasteiger partial charge in [0, 0.05) is 25.2 Å². The Morgan fingerprint density at radius 1 is 0.256 bits per heavy atom. The van der Waals surface area contributed by atoms with Crippen molar-refractivity contribution < 1.29 is 9.47 Å². The van der Waals surface area contributed by atoms with Gasteiger partial charge >= 0.3 is 0 Å². The lowest BCUT2D eigenvalue weighted by molar-refractivity contribution is 0.268. The minimum absolute atomic E-state index is 0.0596. The molecular weight excluding hydrogens is 1090 g/mol. The maximum Gasteiger partial charge on any atom is 0.119 e. The lowest BCUT2D eigenvalue weighted by atomic mass is 9.46. The maximum atomic E-state index is 6.96. The summed E-state index contributed by atoms with van der Waals surface area (Å²) in [4.78, 5) is 5.92. The molecule has 90 heavy (non-hydrogen) atoms. The minimum atomic E-state index is -0.426. The molecule has 2 saturated heterocycles. The highest BCUT2D eigenvalue weighted by Crippen LogP contribution is 2.90. The Bertz CT molecular complexity index is 8120. The van der Waals surface area contributed by atoms with E-state index in [0.717, 1.165) is 24.6 Å². The first kappa shape index (κ1) is 37.0. The van der Waals surface area contributed by atoms with Crippen molar-refractivity contribution in [3.63, 3.8) is 0 Å². The Balaban J connectivity index is 0.943. The summed E-state index contributed by atoms with van der Waals surface area (Å²) in [6.45, 7) is 2.95. The SMILES string of the molecule is CN1CC23c4c5c6c7c8c9c%10c6c6c%11c%12c%13c%14c%15c%16c%17c9c9c%18c8c(c8c%19c2c2c4c4c(c56)c%12c5c4c4c2c2c%19c6c8c%18c8c9c%16c9c%15c%12c%13c5c5c%12c%12c9c8c6c%12c2c45)C73[C@H]1c1ccc(cc1)OCc1ccccc1COc1ccc(cc1)[C@H]1N(C)CC%11%14C%10%171. The van der Waals surface area contributed by atoms with Crippen LogP contribution in [0.4, 0.5) is 0 Å². The van der Waals surface area contributed by atoms with Crippen LogP contribution in [0.2, 0.25) is 0 Å². The van der Waals surface area contributed by atoms with E-state index in [1.54, 1.807) is 303 Å². The number of hydrogen-bond donors (Lipinski definition) is 0. The highest BCUT2D eigenvalue weighted by molar-refractivity contribution is 6.78. The normalized spacial score (nSPS) is 27.1. The van der Waals surface area contributed by atoms with Crippen LogP contribution >= 0.6 is 0 Å². The Kier molecular flexibility index (Phi) is 3.73. The van der Waals surface area contributed by atoms with Crippen molar-refractivity contribution in [1.82, 2.24) is 9.80 Å². The first-order chi connectivity index (χ1) is 44.6. The molecule has 8 aliphatic carbocycles. The monoisotopic (exact) mass is 1120 g/mol. The van der Waals surface area contributed by atoms with Gasteiger partial charge < -0.3 is 9.47 Å². The van der Waals surface area contributed by atoms with Gasteiger partial charge in [-0.25, -0.2) is 0 Å². The molecule has 2 fully saturated rings. The molecule has 27 aromatic rings. The molecule has 12 bridgehead atoms. The second-order valence-electron chi connectivity index (χ2n) is 32.5. The average molecular weight is 1120 g/mol. The van der Waals surface area contributed by atoms with E-state index in [1.807, 2.05) is 0 Å². The summed E-state index contributed by atoms with van der Waals surface area (Å²) in [5.41, 5.74) is 17.7. The van der Waals surface area contributed by atoms with Gasteiger partial charge in [0.15, 0.2) is 0 Å². The third-order valence-corrected chi connectivity index (χ3v) is 31.6. The molecule has 43 rings (SSSR count). The molecule has 8 aliphatic heterocycles. The van der Waals surface area contributed by atoms with E-state index in [2.05, 4.69) is 96.7 Å². The Labute approximate surface area is 500 Å². The van der Waals surface area contributed by atoms with Gasteiger partial charge in [-0.3, -0.25) is 9.80 Å².